The fraction of sp³-hybridized carbons (Fsp3) is 0.812. The van der Waals surface area contributed by atoms with Gasteiger partial charge < -0.3 is 70.4 Å². The molecule has 69 heavy (non-hydrogen) atoms. The minimum atomic E-state index is -1.81. The van der Waals surface area contributed by atoms with Crippen molar-refractivity contribution in [2.75, 3.05) is 31.7 Å². The molecule has 2 saturated heterocycles. The maximum absolute atomic E-state index is 13.2. The van der Waals surface area contributed by atoms with Gasteiger partial charge in [0.25, 0.3) is 0 Å². The lowest BCUT2D eigenvalue weighted by Crippen LogP contribution is -2.65. The van der Waals surface area contributed by atoms with Gasteiger partial charge in [0.2, 0.25) is 11.4 Å². The van der Waals surface area contributed by atoms with Crippen LogP contribution in [0.2, 0.25) is 0 Å². The molecule has 3 heterocycles. The van der Waals surface area contributed by atoms with E-state index < -0.39 is 91.7 Å². The largest absolute Gasteiger partial charge is 0.394 e. The highest BCUT2D eigenvalue weighted by Crippen LogP contribution is 2.31. The van der Waals surface area contributed by atoms with Crippen molar-refractivity contribution in [1.29, 1.82) is 0 Å². The third-order valence-electron chi connectivity index (χ3n) is 13.0. The van der Waals surface area contributed by atoms with E-state index >= 15 is 0 Å². The molecule has 0 unspecified atom stereocenters. The van der Waals surface area contributed by atoms with Gasteiger partial charge in [-0.05, 0) is 42.1 Å². The summed E-state index contributed by atoms with van der Waals surface area (Å²) >= 11 is 0. The highest BCUT2D eigenvalue weighted by Gasteiger charge is 2.51. The number of nitro benzene ring substituents is 1. The number of allylic oxidation sites excluding steroid dienone is 1. The lowest BCUT2D eigenvalue weighted by atomic mass is 9.97. The normalized spacial score (nSPS) is 26.1. The van der Waals surface area contributed by atoms with Crippen molar-refractivity contribution < 1.29 is 74.1 Å². The average molecular weight is 984 g/mol. The number of anilines is 1. The smallest absolute Gasteiger partial charge is 0.300 e. The number of nitrogens with zero attached hydrogens (tertiary/aromatic N) is 3. The Morgan fingerprint density at radius 1 is 0.739 bits per heavy atom. The molecule has 10 N–H and O–H groups in total. The number of nitrogens with one attached hydrogen (secondary N) is 2. The summed E-state index contributed by atoms with van der Waals surface area (Å²) < 4.78 is 27.4. The molecule has 2 aromatic rings. The molecule has 0 saturated carbocycles. The van der Waals surface area contributed by atoms with Gasteiger partial charge in [-0.1, -0.05) is 128 Å². The standard InChI is InChI=1S/C48H81N5O16/c1-2-3-4-5-6-7-8-9-10-12-15-18-21-24-35(56)33(31-65-47-45(62)43(60)46(37(30-55)67-47)68-48-44(61)42(59)41(58)36(29-54)66-48)50-38(57)25-22-19-16-13-11-14-17-20-23-28-49-32-26-27-34(53(63)64)40-39(32)51-69-52-40/h21,24,26-27,33,35-37,41-49,54-56,58-62H,2-20,22-23,25,28-31H2,1H3,(H,50,57)/t33-,35+,36+,37+,41-,42-,43+,44+,45+,46+,47+,48-/m0/s1. The summed E-state index contributed by atoms with van der Waals surface area (Å²) in [5.41, 5.74) is 0.931. The van der Waals surface area contributed by atoms with Gasteiger partial charge >= 0.3 is 5.69 Å². The lowest BCUT2D eigenvalue weighted by Gasteiger charge is -2.46. The Bertz CT molecular complexity index is 1750. The second-order valence-corrected chi connectivity index (χ2v) is 18.5. The second-order valence-electron chi connectivity index (χ2n) is 18.5. The number of aliphatic hydroxyl groups excluding tert-OH is 8. The van der Waals surface area contributed by atoms with Crippen molar-refractivity contribution in [2.45, 2.75) is 222 Å². The molecule has 21 heteroatoms. The van der Waals surface area contributed by atoms with Crippen LogP contribution in [0.25, 0.3) is 11.0 Å². The zero-order valence-electron chi connectivity index (χ0n) is 40.3. The zero-order chi connectivity index (χ0) is 50.0. The molecule has 12 atom stereocenters. The number of benzene rings is 1. The van der Waals surface area contributed by atoms with Crippen molar-refractivity contribution >= 4 is 28.3 Å². The van der Waals surface area contributed by atoms with Crippen molar-refractivity contribution in [3.05, 3.63) is 34.4 Å². The number of hydrogen-bond acceptors (Lipinski definition) is 19. The first kappa shape index (κ1) is 58.1. The van der Waals surface area contributed by atoms with E-state index in [4.69, 9.17) is 23.6 Å². The molecule has 4 rings (SSSR count). The summed E-state index contributed by atoms with van der Waals surface area (Å²) in [6.45, 7) is 1.10. The highest BCUT2D eigenvalue weighted by atomic mass is 16.7. The van der Waals surface area contributed by atoms with E-state index in [9.17, 15) is 55.8 Å². The minimum absolute atomic E-state index is 0.114. The average Bonchev–Trinajstić information content (AvgIpc) is 3.84. The maximum Gasteiger partial charge on any atom is 0.300 e. The molecular weight excluding hydrogens is 903 g/mol. The fourth-order valence-corrected chi connectivity index (χ4v) is 8.71. The summed E-state index contributed by atoms with van der Waals surface area (Å²) in [5.74, 6) is -0.296. The van der Waals surface area contributed by atoms with Gasteiger partial charge in [-0.15, -0.1) is 0 Å². The number of carbonyl (C=O) groups is 1. The third kappa shape index (κ3) is 19.2. The van der Waals surface area contributed by atoms with Crippen LogP contribution in [0, 0.1) is 10.1 Å². The minimum Gasteiger partial charge on any atom is -0.394 e. The van der Waals surface area contributed by atoms with Crippen molar-refractivity contribution in [3.63, 3.8) is 0 Å². The Hall–Kier alpha value is -3.45. The summed E-state index contributed by atoms with van der Waals surface area (Å²) in [5, 5.41) is 109. The quantitative estimate of drug-likeness (QED) is 0.0198. The highest BCUT2D eigenvalue weighted by molar-refractivity contribution is 5.93. The Labute approximate surface area is 405 Å². The van der Waals surface area contributed by atoms with E-state index in [1.165, 1.54) is 57.4 Å². The molecule has 0 bridgehead atoms. The number of aliphatic hydroxyl groups is 8. The molecule has 1 amide bonds. The van der Waals surface area contributed by atoms with Gasteiger partial charge in [-0.3, -0.25) is 14.9 Å². The molecule has 1 aromatic carbocycles. The molecule has 0 spiro atoms. The number of fused-ring (bicyclic) bond motifs is 1. The molecule has 2 aliphatic heterocycles. The van der Waals surface area contributed by atoms with Gasteiger partial charge in [0.05, 0.1) is 42.6 Å². The van der Waals surface area contributed by atoms with Gasteiger partial charge in [-0.2, -0.15) is 0 Å². The maximum atomic E-state index is 13.2. The van der Waals surface area contributed by atoms with E-state index in [0.717, 1.165) is 77.0 Å². The van der Waals surface area contributed by atoms with Gasteiger partial charge in [0.15, 0.2) is 18.1 Å². The van der Waals surface area contributed by atoms with E-state index in [1.54, 1.807) is 12.1 Å². The first-order valence-corrected chi connectivity index (χ1v) is 25.4. The summed E-state index contributed by atoms with van der Waals surface area (Å²) in [7, 11) is 0. The second kappa shape index (κ2) is 32.5. The topological polar surface area (TPSA) is 322 Å². The number of unbranched alkanes of at least 4 members (excludes halogenated alkanes) is 19. The van der Waals surface area contributed by atoms with E-state index in [-0.39, 0.29) is 30.1 Å². The van der Waals surface area contributed by atoms with Crippen molar-refractivity contribution in [3.8, 4) is 0 Å². The molecule has 2 fully saturated rings. The van der Waals surface area contributed by atoms with Crippen LogP contribution >= 0.6 is 0 Å². The fourth-order valence-electron chi connectivity index (χ4n) is 8.71. The lowest BCUT2D eigenvalue weighted by molar-refractivity contribution is -0.383. The SMILES string of the molecule is CCCCCCCCCCCCCC=C[C@@H](O)[C@H](CO[C@@H]1O[C@H](CO)[C@@H](O[C@@H]2O[C@H](CO)[C@H](O)[C@H](O)[C@H]2O)[C@H](O)[C@H]1O)NC(=O)CCCCCCCCCCCNc1ccc([N+](=O)[O-])c2nonc12. The van der Waals surface area contributed by atoms with Gasteiger partial charge in [0, 0.05) is 19.0 Å². The number of nitro groups is 1. The van der Waals surface area contributed by atoms with Crippen LogP contribution in [0.4, 0.5) is 11.4 Å². The molecule has 2 aliphatic rings. The van der Waals surface area contributed by atoms with Crippen LogP contribution in [0.15, 0.2) is 28.9 Å². The Morgan fingerprint density at radius 3 is 1.93 bits per heavy atom. The van der Waals surface area contributed by atoms with Crippen LogP contribution in [-0.2, 0) is 23.7 Å². The third-order valence-corrected chi connectivity index (χ3v) is 13.0. The van der Waals surface area contributed by atoms with Gasteiger partial charge in [-0.25, -0.2) is 4.63 Å². The monoisotopic (exact) mass is 984 g/mol. The number of hydrogen-bond donors (Lipinski definition) is 10. The van der Waals surface area contributed by atoms with Crippen LogP contribution in [0.1, 0.15) is 148 Å². The Kier molecular flexibility index (Phi) is 27.4. The first-order valence-electron chi connectivity index (χ1n) is 25.4. The Morgan fingerprint density at radius 2 is 1.30 bits per heavy atom. The van der Waals surface area contributed by atoms with E-state index in [0.29, 0.717) is 24.2 Å². The first-order chi connectivity index (χ1) is 33.4. The van der Waals surface area contributed by atoms with E-state index in [2.05, 4.69) is 27.9 Å². The Balaban J connectivity index is 1.18. The summed E-state index contributed by atoms with van der Waals surface area (Å²) in [6.07, 6.45) is 9.11. The number of non-ortho nitro benzene ring substituents is 1. The summed E-state index contributed by atoms with van der Waals surface area (Å²) in [6, 6.07) is 2.04. The van der Waals surface area contributed by atoms with Crippen LogP contribution < -0.4 is 10.6 Å². The number of ether oxygens (including phenoxy) is 4. The number of aromatic nitrogens is 2. The molecule has 1 aromatic heterocycles. The number of carbonyl (C=O) groups excluding carboxylic acids is 1. The zero-order valence-corrected chi connectivity index (χ0v) is 40.3. The molecular formula is C48H81N5O16. The van der Waals surface area contributed by atoms with Crippen LogP contribution in [0.5, 0.6) is 0 Å². The molecule has 0 radical (unpaired) electrons. The van der Waals surface area contributed by atoms with E-state index in [1.807, 2.05) is 6.08 Å². The van der Waals surface area contributed by atoms with Crippen molar-refractivity contribution in [1.82, 2.24) is 15.6 Å². The molecule has 0 aliphatic carbocycles. The number of amides is 1. The molecule has 21 nitrogen and oxygen atoms in total. The van der Waals surface area contributed by atoms with Crippen LogP contribution in [0.3, 0.4) is 0 Å². The predicted octanol–water partition coefficient (Wildman–Crippen LogP) is 4.19. The van der Waals surface area contributed by atoms with Crippen LogP contribution in [-0.4, -0.2) is 162 Å². The number of rotatable bonds is 36. The van der Waals surface area contributed by atoms with Gasteiger partial charge in [0.1, 0.15) is 48.8 Å². The predicted molar refractivity (Wildman–Crippen MR) is 254 cm³/mol. The summed E-state index contributed by atoms with van der Waals surface area (Å²) in [4.78, 5) is 23.9. The molecule has 394 valence electrons. The van der Waals surface area contributed by atoms with Crippen molar-refractivity contribution in [2.24, 2.45) is 0 Å².